The van der Waals surface area contributed by atoms with Gasteiger partial charge in [-0.2, -0.15) is 0 Å². The van der Waals surface area contributed by atoms with Crippen molar-refractivity contribution >= 4 is 23.5 Å². The van der Waals surface area contributed by atoms with E-state index in [1.165, 1.54) is 31.2 Å². The van der Waals surface area contributed by atoms with Crippen molar-refractivity contribution in [1.29, 1.82) is 0 Å². The molecule has 0 radical (unpaired) electrons. The molecule has 0 spiro atoms. The molecule has 3 N–H and O–H groups in total. The third-order valence-corrected chi connectivity index (χ3v) is 4.20. The Labute approximate surface area is 154 Å². The molecule has 1 heterocycles. The number of carbonyl (C=O) groups excluding carboxylic acids is 1. The largest absolute Gasteiger partial charge is 0.473 e. The highest BCUT2D eigenvalue weighted by atomic mass is 16.4. The summed E-state index contributed by atoms with van der Waals surface area (Å²) in [6, 6.07) is 6.17. The van der Waals surface area contributed by atoms with Crippen molar-refractivity contribution in [3.8, 4) is 0 Å². The second kappa shape index (κ2) is 11.3. The van der Waals surface area contributed by atoms with Crippen molar-refractivity contribution in [2.75, 3.05) is 25.0 Å². The molecule has 0 bridgehead atoms. The maximum absolute atomic E-state index is 12.1. The van der Waals surface area contributed by atoms with Crippen LogP contribution >= 0.6 is 0 Å². The third-order valence-electron chi connectivity index (χ3n) is 4.20. The van der Waals surface area contributed by atoms with Gasteiger partial charge in [-0.05, 0) is 57.0 Å². The summed E-state index contributed by atoms with van der Waals surface area (Å²) in [5, 5.41) is 17.8. The Morgan fingerprint density at radius 2 is 1.58 bits per heavy atom. The second-order valence-corrected chi connectivity index (χ2v) is 6.48. The van der Waals surface area contributed by atoms with Gasteiger partial charge in [0.15, 0.2) is 0 Å². The number of carboxylic acid groups (broad SMARTS) is 2. The van der Waals surface area contributed by atoms with Crippen LogP contribution in [-0.2, 0) is 14.4 Å². The zero-order chi connectivity index (χ0) is 19.5. The van der Waals surface area contributed by atoms with Crippen LogP contribution in [0.25, 0.3) is 0 Å². The van der Waals surface area contributed by atoms with Gasteiger partial charge in [-0.3, -0.25) is 4.79 Å². The number of hydrogen-bond acceptors (Lipinski definition) is 4. The van der Waals surface area contributed by atoms with Crippen LogP contribution in [-0.4, -0.2) is 52.6 Å². The topological polar surface area (TPSA) is 107 Å². The Morgan fingerprint density at radius 3 is 2.12 bits per heavy atom. The molecule has 1 fully saturated rings. The fourth-order valence-corrected chi connectivity index (χ4v) is 2.70. The summed E-state index contributed by atoms with van der Waals surface area (Å²) in [5.41, 5.74) is 3.25. The average Bonchev–Trinajstić information content (AvgIpc) is 2.85. The van der Waals surface area contributed by atoms with E-state index in [4.69, 9.17) is 19.8 Å². The number of nitrogens with one attached hydrogen (secondary N) is 1. The van der Waals surface area contributed by atoms with Gasteiger partial charge in [0.2, 0.25) is 5.91 Å². The Hall–Kier alpha value is -2.41. The van der Waals surface area contributed by atoms with Crippen LogP contribution in [0.15, 0.2) is 18.2 Å². The Bertz CT molecular complexity index is 610. The van der Waals surface area contributed by atoms with E-state index in [-0.39, 0.29) is 5.91 Å². The number of carboxylic acids is 2. The lowest BCUT2D eigenvalue weighted by atomic mass is 10.1. The number of aryl methyl sites for hydroxylation is 2. The molecule has 1 aliphatic heterocycles. The molecule has 1 aromatic carbocycles. The number of benzene rings is 1. The van der Waals surface area contributed by atoms with E-state index in [0.717, 1.165) is 30.9 Å². The summed E-state index contributed by atoms with van der Waals surface area (Å²) in [4.78, 5) is 32.7. The van der Waals surface area contributed by atoms with Gasteiger partial charge in [0, 0.05) is 18.7 Å². The van der Waals surface area contributed by atoms with Crippen molar-refractivity contribution in [2.24, 2.45) is 0 Å². The molecular weight excluding hydrogens is 336 g/mol. The van der Waals surface area contributed by atoms with Gasteiger partial charge in [0.25, 0.3) is 0 Å². The summed E-state index contributed by atoms with van der Waals surface area (Å²) >= 11 is 0. The van der Waals surface area contributed by atoms with E-state index in [0.29, 0.717) is 6.42 Å². The fraction of sp³-hybridized carbons (Fsp3) is 0.526. The molecule has 7 heteroatoms. The number of likely N-dealkylation sites (tertiary alicyclic amines) is 1. The molecule has 26 heavy (non-hydrogen) atoms. The number of rotatable bonds is 4. The fourth-order valence-electron chi connectivity index (χ4n) is 2.70. The zero-order valence-electron chi connectivity index (χ0n) is 15.5. The van der Waals surface area contributed by atoms with E-state index in [1.807, 2.05) is 19.9 Å². The highest BCUT2D eigenvalue weighted by Gasteiger charge is 2.11. The molecule has 0 saturated carbocycles. The molecule has 144 valence electrons. The quantitative estimate of drug-likeness (QED) is 0.709. The average molecular weight is 364 g/mol. The van der Waals surface area contributed by atoms with Crippen LogP contribution in [0.1, 0.15) is 43.2 Å². The number of amides is 1. The normalized spacial score (nSPS) is 14.5. The van der Waals surface area contributed by atoms with E-state index in [1.54, 1.807) is 0 Å². The van der Waals surface area contributed by atoms with Crippen LogP contribution in [0, 0.1) is 13.8 Å². The molecule has 7 nitrogen and oxygen atoms in total. The van der Waals surface area contributed by atoms with Gasteiger partial charge in [-0.25, -0.2) is 9.59 Å². The lowest BCUT2D eigenvalue weighted by Crippen LogP contribution is -2.28. The van der Waals surface area contributed by atoms with Gasteiger partial charge in [-0.15, -0.1) is 0 Å². The van der Waals surface area contributed by atoms with Crippen LogP contribution < -0.4 is 5.32 Å². The Kier molecular flexibility index (Phi) is 9.36. The van der Waals surface area contributed by atoms with Crippen molar-refractivity contribution in [2.45, 2.75) is 46.0 Å². The standard InChI is InChI=1S/C17H26N2O.C2H2O4/c1-14-7-8-15(2)16(13-14)18-17(20)9-12-19-10-5-3-4-6-11-19;3-1(4)2(5)6/h7-8,13H,3-6,9-12H2,1-2H3,(H,18,20);(H,3,4)(H,5,6). The number of hydrogen-bond donors (Lipinski definition) is 3. The maximum Gasteiger partial charge on any atom is 0.414 e. The molecule has 1 amide bonds. The first-order chi connectivity index (χ1) is 12.3. The molecule has 0 unspecified atom stereocenters. The molecule has 0 atom stereocenters. The Morgan fingerprint density at radius 1 is 1.00 bits per heavy atom. The molecule has 1 saturated heterocycles. The van der Waals surface area contributed by atoms with Crippen LogP contribution in [0.2, 0.25) is 0 Å². The molecule has 1 aliphatic rings. The van der Waals surface area contributed by atoms with Gasteiger partial charge in [0.05, 0.1) is 0 Å². The summed E-state index contributed by atoms with van der Waals surface area (Å²) < 4.78 is 0. The highest BCUT2D eigenvalue weighted by Crippen LogP contribution is 2.17. The van der Waals surface area contributed by atoms with E-state index < -0.39 is 11.9 Å². The van der Waals surface area contributed by atoms with Crippen LogP contribution in [0.4, 0.5) is 5.69 Å². The predicted molar refractivity (Wildman–Crippen MR) is 99.3 cm³/mol. The third kappa shape index (κ3) is 8.62. The minimum atomic E-state index is -1.82. The summed E-state index contributed by atoms with van der Waals surface area (Å²) in [6.45, 7) is 7.26. The maximum atomic E-state index is 12.1. The minimum Gasteiger partial charge on any atom is -0.473 e. The lowest BCUT2D eigenvalue weighted by molar-refractivity contribution is -0.159. The molecular formula is C19H28N2O5. The Balaban J connectivity index is 0.000000487. The first kappa shape index (κ1) is 21.6. The number of carbonyl (C=O) groups is 3. The van der Waals surface area contributed by atoms with Gasteiger partial charge < -0.3 is 20.4 Å². The number of nitrogens with zero attached hydrogens (tertiary/aromatic N) is 1. The molecule has 2 rings (SSSR count). The first-order valence-electron chi connectivity index (χ1n) is 8.85. The van der Waals surface area contributed by atoms with Crippen LogP contribution in [0.5, 0.6) is 0 Å². The van der Waals surface area contributed by atoms with Crippen molar-refractivity contribution < 1.29 is 24.6 Å². The van der Waals surface area contributed by atoms with Crippen LogP contribution in [0.3, 0.4) is 0 Å². The predicted octanol–water partition coefficient (Wildman–Crippen LogP) is 2.66. The van der Waals surface area contributed by atoms with Gasteiger partial charge in [-0.1, -0.05) is 25.0 Å². The summed E-state index contributed by atoms with van der Waals surface area (Å²) in [5.74, 6) is -3.52. The monoisotopic (exact) mass is 364 g/mol. The van der Waals surface area contributed by atoms with Gasteiger partial charge in [0.1, 0.15) is 0 Å². The first-order valence-corrected chi connectivity index (χ1v) is 8.85. The molecule has 1 aromatic rings. The van der Waals surface area contributed by atoms with E-state index >= 15 is 0 Å². The zero-order valence-corrected chi connectivity index (χ0v) is 15.5. The van der Waals surface area contributed by atoms with Crippen molar-refractivity contribution in [3.63, 3.8) is 0 Å². The van der Waals surface area contributed by atoms with Gasteiger partial charge >= 0.3 is 11.9 Å². The number of aliphatic carboxylic acids is 2. The molecule has 0 aliphatic carbocycles. The smallest absolute Gasteiger partial charge is 0.414 e. The highest BCUT2D eigenvalue weighted by molar-refractivity contribution is 6.27. The van der Waals surface area contributed by atoms with E-state index in [9.17, 15) is 4.79 Å². The SMILES string of the molecule is Cc1ccc(C)c(NC(=O)CCN2CCCCCC2)c1.O=C(O)C(=O)O. The van der Waals surface area contributed by atoms with E-state index in [2.05, 4.69) is 22.3 Å². The summed E-state index contributed by atoms with van der Waals surface area (Å²) in [6.07, 6.45) is 5.82. The minimum absolute atomic E-state index is 0.128. The summed E-state index contributed by atoms with van der Waals surface area (Å²) in [7, 11) is 0. The number of anilines is 1. The molecule has 0 aromatic heterocycles. The van der Waals surface area contributed by atoms with Crippen molar-refractivity contribution in [3.05, 3.63) is 29.3 Å². The van der Waals surface area contributed by atoms with Crippen molar-refractivity contribution in [1.82, 2.24) is 4.90 Å². The second-order valence-electron chi connectivity index (χ2n) is 6.48. The lowest BCUT2D eigenvalue weighted by Gasteiger charge is -2.19.